The van der Waals surface area contributed by atoms with Crippen LogP contribution in [-0.4, -0.2) is 43.5 Å². The van der Waals surface area contributed by atoms with Crippen molar-refractivity contribution in [2.45, 2.75) is 64.8 Å². The summed E-state index contributed by atoms with van der Waals surface area (Å²) >= 11 is 0. The predicted molar refractivity (Wildman–Crippen MR) is 130 cm³/mol. The van der Waals surface area contributed by atoms with Gasteiger partial charge in [-0.3, -0.25) is 13.8 Å². The molecule has 1 unspecified atom stereocenters. The Bertz CT molecular complexity index is 1190. The van der Waals surface area contributed by atoms with Crippen molar-refractivity contribution in [1.29, 1.82) is 0 Å². The van der Waals surface area contributed by atoms with Crippen LogP contribution in [0.15, 0.2) is 18.5 Å². The SMILES string of the molecule is Cn1cc(N(C2CCOCC2(C)C)S(=O)(=O)[N-]C(=O)Nc2c3c(cc4c2CCC4)CCC3)cn1.[Na+]. The third-order valence-electron chi connectivity index (χ3n) is 7.29. The van der Waals surface area contributed by atoms with Crippen molar-refractivity contribution in [2.24, 2.45) is 12.5 Å². The molecule has 5 rings (SSSR count). The molecule has 1 aromatic heterocycles. The van der Waals surface area contributed by atoms with E-state index in [0.717, 1.165) is 55.3 Å². The third-order valence-corrected chi connectivity index (χ3v) is 8.65. The number of nitrogens with zero attached hydrogens (tertiary/aromatic N) is 4. The average Bonchev–Trinajstić information content (AvgIpc) is 3.49. The minimum atomic E-state index is -4.34. The van der Waals surface area contributed by atoms with Crippen LogP contribution >= 0.6 is 0 Å². The number of urea groups is 1. The molecule has 3 aliphatic rings. The molecule has 35 heavy (non-hydrogen) atoms. The van der Waals surface area contributed by atoms with E-state index >= 15 is 0 Å². The second-order valence-electron chi connectivity index (χ2n) is 10.2. The smallest absolute Gasteiger partial charge is 0.423 e. The van der Waals surface area contributed by atoms with Gasteiger partial charge in [0.1, 0.15) is 0 Å². The van der Waals surface area contributed by atoms with E-state index in [1.54, 1.807) is 17.9 Å². The summed E-state index contributed by atoms with van der Waals surface area (Å²) in [4.78, 5) is 13.1. The molecule has 0 saturated carbocycles. The molecule has 2 heterocycles. The second-order valence-corrected chi connectivity index (χ2v) is 11.7. The fraction of sp³-hybridized carbons (Fsp3) is 0.583. The predicted octanol–water partition coefficient (Wildman–Crippen LogP) is 0.874. The van der Waals surface area contributed by atoms with E-state index < -0.39 is 27.7 Å². The summed E-state index contributed by atoms with van der Waals surface area (Å²) in [5.41, 5.74) is 5.51. The Morgan fingerprint density at radius 2 is 1.86 bits per heavy atom. The van der Waals surface area contributed by atoms with E-state index in [9.17, 15) is 13.2 Å². The molecule has 0 bridgehead atoms. The first kappa shape index (κ1) is 26.5. The van der Waals surface area contributed by atoms with Crippen LogP contribution in [0.2, 0.25) is 0 Å². The minimum Gasteiger partial charge on any atom is -0.423 e. The minimum absolute atomic E-state index is 0. The number of amides is 2. The van der Waals surface area contributed by atoms with Crippen molar-refractivity contribution in [3.05, 3.63) is 45.4 Å². The van der Waals surface area contributed by atoms with Gasteiger partial charge in [0.15, 0.2) is 6.03 Å². The van der Waals surface area contributed by atoms with Crippen molar-refractivity contribution in [3.8, 4) is 0 Å². The fourth-order valence-corrected chi connectivity index (χ4v) is 7.11. The van der Waals surface area contributed by atoms with Gasteiger partial charge in [0, 0.05) is 25.3 Å². The van der Waals surface area contributed by atoms with E-state index in [4.69, 9.17) is 4.74 Å². The molecule has 1 aliphatic heterocycles. The van der Waals surface area contributed by atoms with Crippen molar-refractivity contribution in [2.75, 3.05) is 22.8 Å². The quantitative estimate of drug-likeness (QED) is 0.602. The Morgan fingerprint density at radius 3 is 2.43 bits per heavy atom. The number of rotatable bonds is 5. The summed E-state index contributed by atoms with van der Waals surface area (Å²) < 4.78 is 39.4. The molecule has 2 aliphatic carbocycles. The van der Waals surface area contributed by atoms with Crippen molar-refractivity contribution in [1.82, 2.24) is 9.78 Å². The summed E-state index contributed by atoms with van der Waals surface area (Å²) in [7, 11) is -2.62. The second kappa shape index (κ2) is 10.0. The van der Waals surface area contributed by atoms with Crippen LogP contribution in [0, 0.1) is 5.41 Å². The van der Waals surface area contributed by atoms with Crippen LogP contribution in [0.5, 0.6) is 0 Å². The zero-order valence-electron chi connectivity index (χ0n) is 21.0. The van der Waals surface area contributed by atoms with Gasteiger partial charge in [0.2, 0.25) is 0 Å². The molecule has 1 saturated heterocycles. The first-order valence-electron chi connectivity index (χ1n) is 12.0. The molecule has 1 aromatic carbocycles. The van der Waals surface area contributed by atoms with Gasteiger partial charge in [0.05, 0.1) is 24.5 Å². The number of carbonyl (C=O) groups excluding carboxylic acids is 1. The maximum atomic E-state index is 13.6. The van der Waals surface area contributed by atoms with E-state index in [-0.39, 0.29) is 29.6 Å². The number of carbonyl (C=O) groups is 1. The first-order valence-corrected chi connectivity index (χ1v) is 13.4. The zero-order chi connectivity index (χ0) is 24.1. The maximum Gasteiger partial charge on any atom is 1.00 e. The Hall–Kier alpha value is -1.59. The molecule has 184 valence electrons. The van der Waals surface area contributed by atoms with Crippen molar-refractivity contribution in [3.63, 3.8) is 0 Å². The molecule has 11 heteroatoms. The van der Waals surface area contributed by atoms with Crippen LogP contribution in [0.4, 0.5) is 16.2 Å². The van der Waals surface area contributed by atoms with Crippen molar-refractivity contribution < 1.29 is 47.5 Å². The van der Waals surface area contributed by atoms with Gasteiger partial charge in [-0.05, 0) is 72.9 Å². The molecule has 0 spiro atoms. The number of aryl methyl sites for hydroxylation is 3. The maximum absolute atomic E-state index is 13.6. The molecular formula is C24H32N5NaO4S. The first-order chi connectivity index (χ1) is 16.2. The summed E-state index contributed by atoms with van der Waals surface area (Å²) in [5, 5.41) is 7.03. The zero-order valence-corrected chi connectivity index (χ0v) is 23.8. The molecule has 1 atom stereocenters. The number of nitrogens with one attached hydrogen (secondary N) is 1. The number of ether oxygens (including phenoxy) is 1. The van der Waals surface area contributed by atoms with Crippen LogP contribution in [0.3, 0.4) is 0 Å². The number of aromatic nitrogens is 2. The molecule has 2 aromatic rings. The summed E-state index contributed by atoms with van der Waals surface area (Å²) in [6.45, 7) is 4.78. The standard InChI is InChI=1S/C24H33N5O4S.Na/c1-24(2)15-33-11-10-21(24)29(18-13-25-28(3)14-18)34(31,32)27-23(30)26-22-19-8-4-6-16(19)12-17-7-5-9-20(17)22;/h12-14,21H,4-11,15H2,1-3H3,(H2,26,27,30);/q;+1/p-1. The van der Waals surface area contributed by atoms with Crippen LogP contribution < -0.4 is 39.2 Å². The van der Waals surface area contributed by atoms with Gasteiger partial charge in [0.25, 0.3) is 10.2 Å². The van der Waals surface area contributed by atoms with Gasteiger partial charge >= 0.3 is 29.6 Å². The van der Waals surface area contributed by atoms with E-state index in [1.165, 1.54) is 21.6 Å². The van der Waals surface area contributed by atoms with Gasteiger partial charge in [-0.15, -0.1) is 0 Å². The van der Waals surface area contributed by atoms with Gasteiger partial charge in [-0.2, -0.15) is 5.10 Å². The third kappa shape index (κ3) is 5.13. The summed E-state index contributed by atoms with van der Waals surface area (Å²) in [6, 6.07) is 0.997. The molecular weight excluding hydrogens is 477 g/mol. The number of hydrogen-bond donors (Lipinski definition) is 1. The Balaban J connectivity index is 0.00000289. The number of fused-ring (bicyclic) bond motifs is 2. The Morgan fingerprint density at radius 1 is 1.20 bits per heavy atom. The monoisotopic (exact) mass is 509 g/mol. The largest absolute Gasteiger partial charge is 1.00 e. The average molecular weight is 510 g/mol. The molecule has 1 fully saturated rings. The number of anilines is 2. The number of hydrogen-bond acceptors (Lipinski definition) is 5. The van der Waals surface area contributed by atoms with Gasteiger partial charge in [-0.1, -0.05) is 19.9 Å². The summed E-state index contributed by atoms with van der Waals surface area (Å²) in [6.07, 6.45) is 9.49. The normalized spacial score (nSPS) is 20.5. The van der Waals surface area contributed by atoms with E-state index in [1.807, 2.05) is 13.8 Å². The van der Waals surface area contributed by atoms with E-state index in [2.05, 4.69) is 21.2 Å². The summed E-state index contributed by atoms with van der Waals surface area (Å²) in [5.74, 6) is 0. The number of benzene rings is 1. The van der Waals surface area contributed by atoms with Gasteiger partial charge < -0.3 is 14.8 Å². The van der Waals surface area contributed by atoms with E-state index in [0.29, 0.717) is 25.3 Å². The Labute approximate surface area is 229 Å². The fourth-order valence-electron chi connectivity index (χ4n) is 5.69. The molecule has 1 N–H and O–H groups in total. The molecule has 0 radical (unpaired) electrons. The molecule has 9 nitrogen and oxygen atoms in total. The van der Waals surface area contributed by atoms with Crippen LogP contribution in [0.25, 0.3) is 4.72 Å². The van der Waals surface area contributed by atoms with Crippen molar-refractivity contribution >= 4 is 27.6 Å². The van der Waals surface area contributed by atoms with Crippen LogP contribution in [0.1, 0.15) is 55.4 Å². The van der Waals surface area contributed by atoms with Crippen LogP contribution in [-0.2, 0) is 47.7 Å². The topological polar surface area (TPSA) is 108 Å². The Kier molecular flexibility index (Phi) is 7.60. The molecule has 2 amide bonds. The van der Waals surface area contributed by atoms with Gasteiger partial charge in [-0.25, -0.2) is 8.42 Å².